The lowest BCUT2D eigenvalue weighted by atomic mass is 9.82. The van der Waals surface area contributed by atoms with Crippen molar-refractivity contribution in [3.05, 3.63) is 192 Å². The minimum atomic E-state index is -0.133. The summed E-state index contributed by atoms with van der Waals surface area (Å²) in [7, 11) is 0. The molecule has 0 N–H and O–H groups in total. The molecule has 250 valence electrons. The van der Waals surface area contributed by atoms with Crippen molar-refractivity contribution in [2.75, 3.05) is 0 Å². The van der Waals surface area contributed by atoms with Crippen LogP contribution in [0.1, 0.15) is 25.0 Å². The topological polar surface area (TPSA) is 43.0 Å². The lowest BCUT2D eigenvalue weighted by molar-refractivity contribution is 0.660. The third kappa shape index (κ3) is 5.89. The van der Waals surface area contributed by atoms with Crippen LogP contribution >= 0.6 is 0 Å². The maximum Gasteiger partial charge on any atom is 0.187 e. The van der Waals surface area contributed by atoms with E-state index < -0.39 is 0 Å². The first-order valence-electron chi connectivity index (χ1n) is 17.8. The van der Waals surface area contributed by atoms with Crippen LogP contribution < -0.4 is 0 Å². The summed E-state index contributed by atoms with van der Waals surface area (Å²) in [5.41, 5.74) is 15.0. The van der Waals surface area contributed by atoms with E-state index in [1.165, 1.54) is 27.8 Å². The van der Waals surface area contributed by atoms with Crippen molar-refractivity contribution in [2.45, 2.75) is 19.3 Å². The Balaban J connectivity index is 1.08. The first-order valence-corrected chi connectivity index (χ1v) is 17.8. The summed E-state index contributed by atoms with van der Waals surface area (Å²) in [6, 6.07) is 58.8. The van der Waals surface area contributed by atoms with Crippen LogP contribution in [0, 0.1) is 6.57 Å². The highest BCUT2D eigenvalue weighted by Crippen LogP contribution is 2.50. The summed E-state index contributed by atoms with van der Waals surface area (Å²) in [6.45, 7) is 12.1. The van der Waals surface area contributed by atoms with Crippen LogP contribution in [0.2, 0.25) is 0 Å². The van der Waals surface area contributed by atoms with E-state index >= 15 is 0 Å². The summed E-state index contributed by atoms with van der Waals surface area (Å²) in [5, 5.41) is 0. The van der Waals surface area contributed by atoms with Crippen LogP contribution in [0.3, 0.4) is 0 Å². The van der Waals surface area contributed by atoms with Crippen molar-refractivity contribution < 1.29 is 0 Å². The number of nitrogens with zero attached hydrogens (tertiary/aromatic N) is 4. The molecular weight excluding hydrogens is 645 g/mol. The predicted octanol–water partition coefficient (Wildman–Crippen LogP) is 12.7. The normalized spacial score (nSPS) is 12.5. The second-order valence-electron chi connectivity index (χ2n) is 14.0. The van der Waals surface area contributed by atoms with Crippen LogP contribution in [0.5, 0.6) is 0 Å². The summed E-state index contributed by atoms with van der Waals surface area (Å²) >= 11 is 0. The summed E-state index contributed by atoms with van der Waals surface area (Å²) in [6.07, 6.45) is 0. The Morgan fingerprint density at radius 1 is 0.377 bits per heavy atom. The fourth-order valence-electron chi connectivity index (χ4n) is 7.49. The highest BCUT2D eigenvalue weighted by Gasteiger charge is 2.35. The van der Waals surface area contributed by atoms with Gasteiger partial charge in [-0.25, -0.2) is 19.8 Å². The minimum absolute atomic E-state index is 0.133. The fourth-order valence-corrected chi connectivity index (χ4v) is 7.49. The zero-order valence-corrected chi connectivity index (χ0v) is 29.5. The van der Waals surface area contributed by atoms with Gasteiger partial charge in [-0.05, 0) is 73.8 Å². The Morgan fingerprint density at radius 2 is 0.774 bits per heavy atom. The highest BCUT2D eigenvalue weighted by molar-refractivity contribution is 5.87. The smallest absolute Gasteiger partial charge is 0.187 e. The first-order chi connectivity index (χ1) is 25.9. The van der Waals surface area contributed by atoms with Gasteiger partial charge in [-0.15, -0.1) is 0 Å². The molecule has 0 spiro atoms. The lowest BCUT2D eigenvalue weighted by Gasteiger charge is -2.21. The Labute approximate surface area is 310 Å². The van der Waals surface area contributed by atoms with E-state index in [1.54, 1.807) is 0 Å². The Hall–Kier alpha value is -6.96. The molecule has 0 saturated heterocycles. The molecule has 4 heteroatoms. The second-order valence-corrected chi connectivity index (χ2v) is 14.0. The molecule has 4 nitrogen and oxygen atoms in total. The largest absolute Gasteiger partial charge is 0.238 e. The standard InChI is InChI=1S/C49H34N4/c1-49(2)44-27-25-39(30-42(44)43-31-41(50-3)26-28-45(43)49)38-15-10-16-40(29-38)48-52-46(36-13-8-5-9-14-36)51-47(53-48)37-23-21-35(22-24-37)34-19-17-33(18-20-34)32-11-6-4-7-12-32/h4-31H,1-2H3. The van der Waals surface area contributed by atoms with E-state index in [0.717, 1.165) is 44.5 Å². The number of hydrogen-bond acceptors (Lipinski definition) is 3. The quantitative estimate of drug-likeness (QED) is 0.164. The van der Waals surface area contributed by atoms with Crippen LogP contribution in [-0.4, -0.2) is 15.0 Å². The maximum atomic E-state index is 7.60. The summed E-state index contributed by atoms with van der Waals surface area (Å²) in [4.78, 5) is 18.8. The van der Waals surface area contributed by atoms with Gasteiger partial charge >= 0.3 is 0 Å². The molecule has 0 bridgehead atoms. The Morgan fingerprint density at radius 3 is 1.36 bits per heavy atom. The SMILES string of the molecule is [C-]#[N+]c1ccc2c(c1)-c1cc(-c3cccc(-c4nc(-c5ccccc5)nc(-c5ccc(-c6ccc(-c7ccccc7)cc6)cc5)n4)c3)ccc1C2(C)C. The second kappa shape index (κ2) is 13.0. The van der Waals surface area contributed by atoms with Gasteiger partial charge in [0.05, 0.1) is 6.57 Å². The molecule has 0 unspecified atom stereocenters. The molecule has 1 heterocycles. The molecule has 0 aliphatic heterocycles. The molecule has 8 aromatic rings. The van der Waals surface area contributed by atoms with Gasteiger partial charge < -0.3 is 0 Å². The monoisotopic (exact) mass is 678 g/mol. The highest BCUT2D eigenvalue weighted by atomic mass is 15.0. The van der Waals surface area contributed by atoms with Gasteiger partial charge in [0.25, 0.3) is 0 Å². The molecule has 9 rings (SSSR count). The molecule has 53 heavy (non-hydrogen) atoms. The number of aromatic nitrogens is 3. The summed E-state index contributed by atoms with van der Waals surface area (Å²) in [5.74, 6) is 1.87. The van der Waals surface area contributed by atoms with Gasteiger partial charge in [-0.2, -0.15) is 0 Å². The Bertz CT molecular complexity index is 2670. The van der Waals surface area contributed by atoms with Gasteiger partial charge in [-0.1, -0.05) is 166 Å². The van der Waals surface area contributed by atoms with Crippen molar-refractivity contribution in [1.29, 1.82) is 0 Å². The van der Waals surface area contributed by atoms with Crippen LogP contribution in [0.25, 0.3) is 83.5 Å². The fraction of sp³-hybridized carbons (Fsp3) is 0.0612. The van der Waals surface area contributed by atoms with E-state index in [-0.39, 0.29) is 5.41 Å². The molecule has 0 atom stereocenters. The van der Waals surface area contributed by atoms with E-state index in [2.05, 4.69) is 140 Å². The third-order valence-corrected chi connectivity index (χ3v) is 10.4. The van der Waals surface area contributed by atoms with Gasteiger partial charge in [0.2, 0.25) is 0 Å². The molecule has 1 aliphatic carbocycles. The molecule has 0 saturated carbocycles. The van der Waals surface area contributed by atoms with Crippen molar-refractivity contribution in [3.8, 4) is 78.7 Å². The van der Waals surface area contributed by atoms with Crippen molar-refractivity contribution in [1.82, 2.24) is 15.0 Å². The number of rotatable bonds is 6. The predicted molar refractivity (Wildman–Crippen MR) is 216 cm³/mol. The van der Waals surface area contributed by atoms with E-state index in [1.807, 2.05) is 48.5 Å². The van der Waals surface area contributed by atoms with Crippen molar-refractivity contribution in [3.63, 3.8) is 0 Å². The molecule has 7 aromatic carbocycles. The first kappa shape index (κ1) is 32.0. The zero-order valence-electron chi connectivity index (χ0n) is 29.5. The minimum Gasteiger partial charge on any atom is -0.238 e. The van der Waals surface area contributed by atoms with E-state index in [4.69, 9.17) is 21.5 Å². The molecule has 1 aromatic heterocycles. The molecule has 0 fully saturated rings. The third-order valence-electron chi connectivity index (χ3n) is 10.4. The maximum absolute atomic E-state index is 7.60. The zero-order chi connectivity index (χ0) is 35.9. The van der Waals surface area contributed by atoms with E-state index in [0.29, 0.717) is 23.2 Å². The van der Waals surface area contributed by atoms with E-state index in [9.17, 15) is 0 Å². The number of fused-ring (bicyclic) bond motifs is 3. The van der Waals surface area contributed by atoms with Crippen molar-refractivity contribution in [2.24, 2.45) is 0 Å². The molecule has 0 radical (unpaired) electrons. The van der Waals surface area contributed by atoms with Crippen LogP contribution in [-0.2, 0) is 5.41 Å². The van der Waals surface area contributed by atoms with Gasteiger partial charge in [0.1, 0.15) is 0 Å². The van der Waals surface area contributed by atoms with Crippen LogP contribution in [0.4, 0.5) is 5.69 Å². The van der Waals surface area contributed by atoms with Gasteiger partial charge in [0.15, 0.2) is 23.2 Å². The lowest BCUT2D eigenvalue weighted by Crippen LogP contribution is -2.14. The van der Waals surface area contributed by atoms with Gasteiger partial charge in [0, 0.05) is 22.1 Å². The molecular formula is C49H34N4. The molecule has 0 amide bonds. The average molecular weight is 679 g/mol. The number of hydrogen-bond donors (Lipinski definition) is 0. The molecule has 1 aliphatic rings. The Kier molecular flexibility index (Phi) is 7.83. The van der Waals surface area contributed by atoms with Crippen LogP contribution in [0.15, 0.2) is 170 Å². The number of benzene rings is 7. The summed E-state index contributed by atoms with van der Waals surface area (Å²) < 4.78 is 0. The van der Waals surface area contributed by atoms with Gasteiger partial charge in [-0.3, -0.25) is 0 Å². The van der Waals surface area contributed by atoms with Crippen molar-refractivity contribution >= 4 is 5.69 Å². The average Bonchev–Trinajstić information content (AvgIpc) is 3.46.